The van der Waals surface area contributed by atoms with Crippen molar-refractivity contribution in [2.45, 2.75) is 70.8 Å². The minimum Gasteiger partial charge on any atom is -0.311 e. The van der Waals surface area contributed by atoms with Crippen molar-refractivity contribution in [2.75, 3.05) is 26.7 Å². The average Bonchev–Trinajstić information content (AvgIpc) is 2.34. The van der Waals surface area contributed by atoms with Gasteiger partial charge in [0.2, 0.25) is 0 Å². The predicted octanol–water partition coefficient (Wildman–Crippen LogP) is 3.67. The van der Waals surface area contributed by atoms with Gasteiger partial charge in [0.05, 0.1) is 0 Å². The molecule has 0 aromatic rings. The van der Waals surface area contributed by atoms with Crippen molar-refractivity contribution in [3.05, 3.63) is 0 Å². The second kappa shape index (κ2) is 4.71. The van der Waals surface area contributed by atoms with Crippen LogP contribution in [0, 0.1) is 22.7 Å². The Balaban J connectivity index is 1.43. The highest BCUT2D eigenvalue weighted by Gasteiger charge is 2.59. The molecule has 1 saturated heterocycles. The molecule has 5 rings (SSSR count). The van der Waals surface area contributed by atoms with Crippen LogP contribution < -0.4 is 5.32 Å². The fraction of sp³-hybridized carbons (Fsp3) is 1.00. The molecule has 1 heterocycles. The van der Waals surface area contributed by atoms with E-state index in [9.17, 15) is 0 Å². The Bertz CT molecular complexity index is 392. The van der Waals surface area contributed by atoms with Crippen LogP contribution in [0.15, 0.2) is 0 Å². The summed E-state index contributed by atoms with van der Waals surface area (Å²) in [5.74, 6) is 1.94. The molecule has 2 nitrogen and oxygen atoms in total. The summed E-state index contributed by atoms with van der Waals surface area (Å²) in [5, 5.41) is 4.14. The van der Waals surface area contributed by atoms with Gasteiger partial charge in [0, 0.05) is 5.54 Å². The number of nitrogens with zero attached hydrogens (tertiary/aromatic N) is 1. The summed E-state index contributed by atoms with van der Waals surface area (Å²) in [7, 11) is 2.27. The van der Waals surface area contributed by atoms with E-state index < -0.39 is 0 Å². The number of hydrogen-bond donors (Lipinski definition) is 1. The lowest BCUT2D eigenvalue weighted by molar-refractivity contribution is -0.118. The SMILES string of the molecule is CN1CCC(CNC23CC4CC(C)(CC(C)(C4)C2)C3)CC1. The molecule has 2 heteroatoms. The summed E-state index contributed by atoms with van der Waals surface area (Å²) >= 11 is 0. The van der Waals surface area contributed by atoms with Crippen molar-refractivity contribution in [3.63, 3.8) is 0 Å². The van der Waals surface area contributed by atoms with Gasteiger partial charge in [-0.15, -0.1) is 0 Å². The number of nitrogens with one attached hydrogen (secondary N) is 1. The highest BCUT2D eigenvalue weighted by molar-refractivity contribution is 5.14. The normalized spacial score (nSPS) is 50.7. The second-order valence-corrected chi connectivity index (χ2v) is 10.0. The van der Waals surface area contributed by atoms with Crippen molar-refractivity contribution in [2.24, 2.45) is 22.7 Å². The summed E-state index contributed by atoms with van der Waals surface area (Å²) in [6.07, 6.45) is 11.7. The molecule has 0 aromatic carbocycles. The van der Waals surface area contributed by atoms with Crippen LogP contribution in [-0.2, 0) is 0 Å². The zero-order valence-corrected chi connectivity index (χ0v) is 14.4. The van der Waals surface area contributed by atoms with Crippen LogP contribution in [-0.4, -0.2) is 37.1 Å². The third kappa shape index (κ3) is 2.67. The lowest BCUT2D eigenvalue weighted by Crippen LogP contribution is -2.64. The molecule has 2 atom stereocenters. The van der Waals surface area contributed by atoms with Gasteiger partial charge in [-0.25, -0.2) is 0 Å². The van der Waals surface area contributed by atoms with Crippen LogP contribution >= 0.6 is 0 Å². The van der Waals surface area contributed by atoms with Crippen molar-refractivity contribution in [1.29, 1.82) is 0 Å². The lowest BCUT2D eigenvalue weighted by Gasteiger charge is -2.65. The topological polar surface area (TPSA) is 15.3 Å². The molecule has 4 aliphatic carbocycles. The van der Waals surface area contributed by atoms with Gasteiger partial charge in [0.25, 0.3) is 0 Å². The first-order valence-corrected chi connectivity index (χ1v) is 9.31. The first-order chi connectivity index (χ1) is 9.88. The molecule has 4 bridgehead atoms. The molecule has 1 N–H and O–H groups in total. The van der Waals surface area contributed by atoms with Crippen LogP contribution in [0.3, 0.4) is 0 Å². The zero-order valence-electron chi connectivity index (χ0n) is 14.4. The number of hydrogen-bond acceptors (Lipinski definition) is 2. The summed E-state index contributed by atoms with van der Waals surface area (Å²) in [6, 6.07) is 0. The van der Waals surface area contributed by atoms with Gasteiger partial charge in [0.1, 0.15) is 0 Å². The Hall–Kier alpha value is -0.0800. The first kappa shape index (κ1) is 14.5. The second-order valence-electron chi connectivity index (χ2n) is 10.0. The van der Waals surface area contributed by atoms with Crippen LogP contribution in [0.25, 0.3) is 0 Å². The molecule has 21 heavy (non-hydrogen) atoms. The maximum Gasteiger partial charge on any atom is 0.0194 e. The molecule has 1 aliphatic heterocycles. The Morgan fingerprint density at radius 1 is 0.952 bits per heavy atom. The van der Waals surface area contributed by atoms with Gasteiger partial charge in [-0.3, -0.25) is 0 Å². The van der Waals surface area contributed by atoms with Gasteiger partial charge < -0.3 is 10.2 Å². The van der Waals surface area contributed by atoms with Gasteiger partial charge in [-0.05, 0) is 101 Å². The smallest absolute Gasteiger partial charge is 0.0194 e. The van der Waals surface area contributed by atoms with Gasteiger partial charge >= 0.3 is 0 Å². The van der Waals surface area contributed by atoms with Crippen molar-refractivity contribution >= 4 is 0 Å². The maximum atomic E-state index is 4.14. The quantitative estimate of drug-likeness (QED) is 0.853. The molecule has 0 spiro atoms. The molecule has 0 radical (unpaired) electrons. The Morgan fingerprint density at radius 3 is 2.14 bits per heavy atom. The van der Waals surface area contributed by atoms with Crippen molar-refractivity contribution < 1.29 is 0 Å². The highest BCUT2D eigenvalue weighted by atomic mass is 15.1. The zero-order chi connectivity index (χ0) is 14.7. The highest BCUT2D eigenvalue weighted by Crippen LogP contribution is 2.66. The van der Waals surface area contributed by atoms with E-state index in [2.05, 4.69) is 31.1 Å². The molecule has 4 saturated carbocycles. The first-order valence-electron chi connectivity index (χ1n) is 9.31. The van der Waals surface area contributed by atoms with Crippen molar-refractivity contribution in [3.8, 4) is 0 Å². The van der Waals surface area contributed by atoms with E-state index in [1.54, 1.807) is 0 Å². The van der Waals surface area contributed by atoms with E-state index in [4.69, 9.17) is 0 Å². The monoisotopic (exact) mass is 290 g/mol. The number of likely N-dealkylation sites (tertiary alicyclic amines) is 1. The summed E-state index contributed by atoms with van der Waals surface area (Å²) in [5.41, 5.74) is 1.80. The molecule has 0 amide bonds. The van der Waals surface area contributed by atoms with Gasteiger partial charge in [0.15, 0.2) is 0 Å². The molecule has 2 unspecified atom stereocenters. The van der Waals surface area contributed by atoms with Crippen molar-refractivity contribution in [1.82, 2.24) is 10.2 Å². The minimum absolute atomic E-state index is 0.506. The van der Waals surface area contributed by atoms with Crippen LogP contribution in [0.1, 0.15) is 65.2 Å². The van der Waals surface area contributed by atoms with E-state index in [1.807, 2.05) is 0 Å². The van der Waals surface area contributed by atoms with Gasteiger partial charge in [-0.1, -0.05) is 13.8 Å². The fourth-order valence-electron chi connectivity index (χ4n) is 7.27. The predicted molar refractivity (Wildman–Crippen MR) is 88.4 cm³/mol. The lowest BCUT2D eigenvalue weighted by atomic mass is 9.43. The summed E-state index contributed by atoms with van der Waals surface area (Å²) in [4.78, 5) is 2.49. The Labute approximate surface area is 131 Å². The molecular weight excluding hydrogens is 256 g/mol. The van der Waals surface area contributed by atoms with E-state index in [1.165, 1.54) is 71.0 Å². The van der Waals surface area contributed by atoms with Crippen LogP contribution in [0.4, 0.5) is 0 Å². The number of piperidine rings is 1. The Kier molecular flexibility index (Phi) is 3.25. The third-order valence-electron chi connectivity index (χ3n) is 7.23. The summed E-state index contributed by atoms with van der Waals surface area (Å²) < 4.78 is 0. The van der Waals surface area contributed by atoms with E-state index in [0.717, 1.165) is 11.8 Å². The largest absolute Gasteiger partial charge is 0.311 e. The van der Waals surface area contributed by atoms with Crippen LogP contribution in [0.2, 0.25) is 0 Å². The minimum atomic E-state index is 0.506. The molecule has 5 fully saturated rings. The maximum absolute atomic E-state index is 4.14. The third-order valence-corrected chi connectivity index (χ3v) is 7.23. The molecule has 0 aromatic heterocycles. The van der Waals surface area contributed by atoms with E-state index in [0.29, 0.717) is 16.4 Å². The van der Waals surface area contributed by atoms with Crippen LogP contribution in [0.5, 0.6) is 0 Å². The molecular formula is C19H34N2. The fourth-order valence-corrected chi connectivity index (χ4v) is 7.27. The molecule has 120 valence electrons. The Morgan fingerprint density at radius 2 is 1.57 bits per heavy atom. The average molecular weight is 290 g/mol. The standard InChI is InChI=1S/C19H34N2/c1-17-8-16-9-18(2,12-17)14-19(10-16,13-17)20-11-15-4-6-21(3)7-5-15/h15-16,20H,4-14H2,1-3H3. The summed E-state index contributed by atoms with van der Waals surface area (Å²) in [6.45, 7) is 9.06. The van der Waals surface area contributed by atoms with Gasteiger partial charge in [-0.2, -0.15) is 0 Å². The number of rotatable bonds is 3. The van der Waals surface area contributed by atoms with E-state index in [-0.39, 0.29) is 0 Å². The van der Waals surface area contributed by atoms with E-state index >= 15 is 0 Å². The molecule has 5 aliphatic rings.